The summed E-state index contributed by atoms with van der Waals surface area (Å²) in [4.78, 5) is 35.4. The van der Waals surface area contributed by atoms with E-state index in [9.17, 15) is 0 Å². The molecule has 4 aliphatic carbocycles. The third-order valence-electron chi connectivity index (χ3n) is 23.2. The number of nitrogens with zero attached hydrogens (tertiary/aromatic N) is 7. The van der Waals surface area contributed by atoms with Crippen molar-refractivity contribution in [3.8, 4) is 113 Å². The topological polar surface area (TPSA) is 117 Å². The number of hydrogen-bond acceptors (Lipinski definition) is 9. The normalized spacial score (nSPS) is 13.8. The van der Waals surface area contributed by atoms with Gasteiger partial charge in [0.25, 0.3) is 0 Å². The number of para-hydroxylation sites is 2. The van der Waals surface area contributed by atoms with E-state index in [1.165, 1.54) is 66.8 Å². The molecule has 0 N–H and O–H groups in total. The largest absolute Gasteiger partial charge is 0.456 e. The fourth-order valence-electron chi connectivity index (χ4n) is 18.5. The molecule has 5 aromatic heterocycles. The second-order valence-electron chi connectivity index (χ2n) is 29.3. The maximum Gasteiger partial charge on any atom is 0.182 e. The minimum Gasteiger partial charge on any atom is -0.456 e. The predicted octanol–water partition coefficient (Wildman–Crippen LogP) is 24.0. The van der Waals surface area contributed by atoms with Crippen molar-refractivity contribution in [2.75, 3.05) is 0 Å². The first-order valence-electron chi connectivity index (χ1n) is 37.1. The predicted molar refractivity (Wildman–Crippen MR) is 436 cm³/mol. The van der Waals surface area contributed by atoms with E-state index in [1.54, 1.807) is 6.20 Å². The Morgan fingerprint density at radius 1 is 0.239 bits per heavy atom. The molecule has 9 nitrogen and oxygen atoms in total. The molecular weight excluding hydrogens is 1330 g/mol. The van der Waals surface area contributed by atoms with Crippen LogP contribution in [0.4, 0.5) is 0 Å². The lowest BCUT2D eigenvalue weighted by atomic mass is 9.67. The molecule has 109 heavy (non-hydrogen) atoms. The molecule has 0 atom stereocenters. The van der Waals surface area contributed by atoms with E-state index in [2.05, 4.69) is 286 Å². The summed E-state index contributed by atoms with van der Waals surface area (Å²) >= 11 is 0. The summed E-state index contributed by atoms with van der Waals surface area (Å²) in [5.74, 6) is 3.65. The van der Waals surface area contributed by atoms with E-state index in [0.717, 1.165) is 105 Å². The fraction of sp³-hybridized carbons (Fsp3) is 0.0500. The van der Waals surface area contributed by atoms with Crippen molar-refractivity contribution in [3.05, 3.63) is 402 Å². The average molecular weight is 1390 g/mol. The van der Waals surface area contributed by atoms with Gasteiger partial charge in [0, 0.05) is 72.1 Å². The van der Waals surface area contributed by atoms with Gasteiger partial charge in [0.2, 0.25) is 0 Å². The summed E-state index contributed by atoms with van der Waals surface area (Å²) in [5, 5.41) is 4.47. The Labute approximate surface area is 628 Å². The summed E-state index contributed by atoms with van der Waals surface area (Å²) in [7, 11) is 0. The van der Waals surface area contributed by atoms with Crippen LogP contribution in [0.15, 0.2) is 355 Å². The molecule has 23 rings (SSSR count). The van der Waals surface area contributed by atoms with Crippen LogP contribution in [-0.4, -0.2) is 34.9 Å². The van der Waals surface area contributed by atoms with Gasteiger partial charge in [-0.15, -0.1) is 0 Å². The van der Waals surface area contributed by atoms with Gasteiger partial charge in [-0.1, -0.05) is 299 Å². The van der Waals surface area contributed by atoms with Gasteiger partial charge in [-0.2, -0.15) is 0 Å². The molecule has 0 fully saturated rings. The van der Waals surface area contributed by atoms with E-state index in [1.807, 2.05) is 72.8 Å². The number of pyridine rings is 1. The van der Waals surface area contributed by atoms with Gasteiger partial charge in [-0.05, 0) is 144 Å². The summed E-state index contributed by atoms with van der Waals surface area (Å²) in [5.41, 5.74) is 29.4. The zero-order valence-corrected chi connectivity index (χ0v) is 59.4. The Hall–Kier alpha value is -14.2. The number of fused-ring (bicyclic) bond motifs is 24. The summed E-state index contributed by atoms with van der Waals surface area (Å²) in [6.45, 7) is 4.62. The monoisotopic (exact) mass is 1390 g/mol. The Morgan fingerprint density at radius 3 is 1.06 bits per heavy atom. The molecule has 0 bridgehead atoms. The average Bonchev–Trinajstić information content (AvgIpc) is 1.50. The van der Waals surface area contributed by atoms with Crippen LogP contribution in [0.2, 0.25) is 0 Å². The third-order valence-corrected chi connectivity index (χ3v) is 23.2. The lowest BCUT2D eigenvalue weighted by Gasteiger charge is -2.34. The minimum absolute atomic E-state index is 0.150. The van der Waals surface area contributed by atoms with Crippen LogP contribution in [0.5, 0.6) is 0 Å². The molecule has 0 saturated carbocycles. The quantitative estimate of drug-likeness (QED) is 0.147. The van der Waals surface area contributed by atoms with Gasteiger partial charge in [0.05, 0.1) is 10.8 Å². The van der Waals surface area contributed by atoms with Gasteiger partial charge in [0.1, 0.15) is 28.0 Å². The van der Waals surface area contributed by atoms with Crippen molar-refractivity contribution in [1.29, 1.82) is 0 Å². The summed E-state index contributed by atoms with van der Waals surface area (Å²) in [6, 6.07) is 120. The molecule has 19 aromatic rings. The van der Waals surface area contributed by atoms with Crippen molar-refractivity contribution in [2.24, 2.45) is 0 Å². The van der Waals surface area contributed by atoms with Crippen molar-refractivity contribution >= 4 is 43.9 Å². The molecule has 510 valence electrons. The first-order valence-corrected chi connectivity index (χ1v) is 37.1. The molecule has 14 aromatic carbocycles. The van der Waals surface area contributed by atoms with Crippen molar-refractivity contribution in [1.82, 2.24) is 34.9 Å². The molecule has 4 aliphatic rings. The summed E-state index contributed by atoms with van der Waals surface area (Å²) < 4.78 is 13.8. The number of rotatable bonds is 8. The Balaban J connectivity index is 0.000000137. The van der Waals surface area contributed by atoms with Crippen LogP contribution < -0.4 is 0 Å². The van der Waals surface area contributed by atoms with Crippen LogP contribution in [0.3, 0.4) is 0 Å². The highest BCUT2D eigenvalue weighted by Crippen LogP contribution is 2.66. The molecule has 0 aliphatic heterocycles. The van der Waals surface area contributed by atoms with Crippen LogP contribution in [-0.2, 0) is 16.2 Å². The molecule has 5 heterocycles. The van der Waals surface area contributed by atoms with E-state index >= 15 is 0 Å². The number of furan rings is 2. The fourth-order valence-corrected chi connectivity index (χ4v) is 18.5. The molecule has 0 saturated heterocycles. The molecule has 9 heteroatoms. The van der Waals surface area contributed by atoms with E-state index in [0.29, 0.717) is 40.6 Å². The van der Waals surface area contributed by atoms with Gasteiger partial charge in [-0.25, -0.2) is 29.9 Å². The Bertz CT molecular complexity index is 6810. The molecule has 0 unspecified atom stereocenters. The standard InChI is InChI=1S/C55H35N3O.C45H28N4O/c1-54(2)43-20-10-6-16-35(43)38-26-24-33(30-46(38)54)52-56-51(32-14-4-3-5-15-32)57-53(58-52)34-25-27-39-41-28-29-42-40-19-9-13-23-48(40)59-50(42)49(41)55(47(39)31-34)44-21-11-7-17-36(44)37-18-8-12-22-45(37)55;1-4-14-29(15-5-1)42-47-43(49-44(48-42)38-21-12-13-27-46-38)30-23-24-33-35-25-26-36-34-20-10-11-22-39(34)50-41(36)40(35)45(37(33)28-30,31-16-6-2-7-17-31)32-18-8-3-9-19-32/h3-31H,1-2H3;1-28H. The zero-order chi connectivity index (χ0) is 72.1. The van der Waals surface area contributed by atoms with Gasteiger partial charge in [-0.3, -0.25) is 4.98 Å². The lowest BCUT2D eigenvalue weighted by molar-refractivity contribution is 0.650. The first-order chi connectivity index (χ1) is 53.8. The number of aromatic nitrogens is 7. The minimum atomic E-state index is -0.685. The van der Waals surface area contributed by atoms with Crippen molar-refractivity contribution in [3.63, 3.8) is 0 Å². The highest BCUT2D eigenvalue weighted by Gasteiger charge is 2.54. The first kappa shape index (κ1) is 62.2. The van der Waals surface area contributed by atoms with Crippen molar-refractivity contribution < 1.29 is 8.83 Å². The highest BCUT2D eigenvalue weighted by atomic mass is 16.3. The summed E-state index contributed by atoms with van der Waals surface area (Å²) in [6.07, 6.45) is 1.76. The van der Waals surface area contributed by atoms with E-state index in [-0.39, 0.29) is 5.41 Å². The molecule has 1 spiro atoms. The van der Waals surface area contributed by atoms with E-state index in [4.69, 9.17) is 38.7 Å². The van der Waals surface area contributed by atoms with Gasteiger partial charge < -0.3 is 8.83 Å². The second kappa shape index (κ2) is 23.9. The maximum absolute atomic E-state index is 6.92. The zero-order valence-electron chi connectivity index (χ0n) is 59.4. The molecule has 0 radical (unpaired) electrons. The van der Waals surface area contributed by atoms with Crippen molar-refractivity contribution in [2.45, 2.75) is 30.1 Å². The molecular formula is C100H63N7O2. The number of benzene rings is 14. The lowest BCUT2D eigenvalue weighted by Crippen LogP contribution is -2.28. The van der Waals surface area contributed by atoms with Crippen LogP contribution in [0.25, 0.3) is 157 Å². The maximum atomic E-state index is 6.92. The van der Waals surface area contributed by atoms with Crippen LogP contribution >= 0.6 is 0 Å². The Kier molecular flexibility index (Phi) is 13.7. The van der Waals surface area contributed by atoms with E-state index < -0.39 is 10.8 Å². The SMILES string of the molecule is CC1(C)c2ccccc2-c2ccc(-c3nc(-c4ccccc4)nc(-c4ccc5c(c4)C4(c6ccccc6-c6ccccc64)c4c-5ccc5c4oc4ccccc45)n3)cc21.c1ccc(-c2nc(-c3ccc4c(c3)C(c3ccccc3)(c3ccccc3)c3c-4ccc4c3oc3ccccc34)nc(-c3ccccn3)n2)cc1. The van der Waals surface area contributed by atoms with Crippen LogP contribution in [0, 0.1) is 0 Å². The number of hydrogen-bond donors (Lipinski definition) is 0. The van der Waals surface area contributed by atoms with Gasteiger partial charge in [0.15, 0.2) is 34.9 Å². The third kappa shape index (κ3) is 9.17. The smallest absolute Gasteiger partial charge is 0.182 e. The van der Waals surface area contributed by atoms with Gasteiger partial charge >= 0.3 is 0 Å². The molecule has 0 amide bonds. The Morgan fingerprint density at radius 2 is 0.587 bits per heavy atom. The second-order valence-corrected chi connectivity index (χ2v) is 29.3. The van der Waals surface area contributed by atoms with Crippen LogP contribution in [0.1, 0.15) is 69.5 Å². The highest BCUT2D eigenvalue weighted by molar-refractivity contribution is 6.12.